The number of hydrogen-bond acceptors (Lipinski definition) is 4. The van der Waals surface area contributed by atoms with Crippen molar-refractivity contribution in [1.82, 2.24) is 15.2 Å². The van der Waals surface area contributed by atoms with Crippen LogP contribution in [0, 0.1) is 6.92 Å². The van der Waals surface area contributed by atoms with Crippen LogP contribution in [0.4, 0.5) is 0 Å². The number of rotatable bonds is 7. The zero-order valence-corrected chi connectivity index (χ0v) is 12.3. The Morgan fingerprint density at radius 1 is 1.47 bits per heavy atom. The van der Waals surface area contributed by atoms with Gasteiger partial charge in [0, 0.05) is 38.0 Å². The second kappa shape index (κ2) is 8.09. The second-order valence-corrected chi connectivity index (χ2v) is 4.76. The molecule has 1 heterocycles. The number of halogens is 1. The summed E-state index contributed by atoms with van der Waals surface area (Å²) in [5.74, 6) is -0.132. The minimum atomic E-state index is -0.132. The quantitative estimate of drug-likeness (QED) is 0.769. The lowest BCUT2D eigenvalue weighted by molar-refractivity contribution is 0.0947. The van der Waals surface area contributed by atoms with E-state index < -0.39 is 0 Å². The molecule has 0 unspecified atom stereocenters. The molecule has 0 bridgehead atoms. The Balaban J connectivity index is 2.39. The Bertz CT molecular complexity index is 406. The molecule has 19 heavy (non-hydrogen) atoms. The minimum absolute atomic E-state index is 0.132. The van der Waals surface area contributed by atoms with Crippen LogP contribution in [0.15, 0.2) is 12.1 Å². The van der Waals surface area contributed by atoms with Crippen LogP contribution < -0.4 is 5.32 Å². The van der Waals surface area contributed by atoms with Gasteiger partial charge < -0.3 is 15.0 Å². The Morgan fingerprint density at radius 2 is 2.21 bits per heavy atom. The van der Waals surface area contributed by atoms with Crippen LogP contribution in [0.25, 0.3) is 0 Å². The maximum atomic E-state index is 11.9. The van der Waals surface area contributed by atoms with E-state index >= 15 is 0 Å². The van der Waals surface area contributed by atoms with Gasteiger partial charge in [-0.1, -0.05) is 11.6 Å². The molecular formula is C13H20ClN3O2. The second-order valence-electron chi connectivity index (χ2n) is 4.37. The molecule has 106 valence electrons. The number of nitrogens with one attached hydrogen (secondary N) is 1. The van der Waals surface area contributed by atoms with Crippen LogP contribution >= 0.6 is 11.6 Å². The first kappa shape index (κ1) is 15.9. The third-order valence-electron chi connectivity index (χ3n) is 2.64. The number of hydrogen-bond donors (Lipinski definition) is 1. The van der Waals surface area contributed by atoms with E-state index in [0.717, 1.165) is 18.8 Å². The summed E-state index contributed by atoms with van der Waals surface area (Å²) in [6, 6.07) is 3.29. The zero-order valence-electron chi connectivity index (χ0n) is 11.6. The molecule has 0 aliphatic carbocycles. The molecular weight excluding hydrogens is 266 g/mol. The van der Waals surface area contributed by atoms with Crippen molar-refractivity contribution in [2.24, 2.45) is 0 Å². The number of amides is 1. The van der Waals surface area contributed by atoms with Gasteiger partial charge in [-0.15, -0.1) is 0 Å². The van der Waals surface area contributed by atoms with Gasteiger partial charge in [-0.3, -0.25) is 4.79 Å². The molecule has 1 aromatic rings. The fraction of sp³-hybridized carbons (Fsp3) is 0.538. The van der Waals surface area contributed by atoms with Crippen molar-refractivity contribution >= 4 is 17.5 Å². The van der Waals surface area contributed by atoms with Crippen molar-refractivity contribution in [2.45, 2.75) is 6.92 Å². The monoisotopic (exact) mass is 285 g/mol. The molecule has 0 aromatic carbocycles. The summed E-state index contributed by atoms with van der Waals surface area (Å²) in [5, 5.41) is 3.19. The van der Waals surface area contributed by atoms with Gasteiger partial charge >= 0.3 is 0 Å². The van der Waals surface area contributed by atoms with E-state index in [0.29, 0.717) is 23.9 Å². The molecule has 0 atom stereocenters. The highest BCUT2D eigenvalue weighted by Crippen LogP contribution is 2.10. The number of carbonyl (C=O) groups excluding carboxylic acids is 1. The largest absolute Gasteiger partial charge is 0.383 e. The van der Waals surface area contributed by atoms with Gasteiger partial charge in [0.2, 0.25) is 0 Å². The van der Waals surface area contributed by atoms with Crippen LogP contribution in [0.5, 0.6) is 0 Å². The molecule has 1 N–H and O–H groups in total. The van der Waals surface area contributed by atoms with Gasteiger partial charge in [-0.2, -0.15) is 0 Å². The molecule has 0 saturated carbocycles. The first-order valence-electron chi connectivity index (χ1n) is 6.13. The maximum absolute atomic E-state index is 11.9. The predicted molar refractivity (Wildman–Crippen MR) is 75.7 cm³/mol. The van der Waals surface area contributed by atoms with E-state index in [1.54, 1.807) is 26.2 Å². The summed E-state index contributed by atoms with van der Waals surface area (Å²) in [6.45, 7) is 4.68. The normalized spacial score (nSPS) is 10.8. The van der Waals surface area contributed by atoms with Crippen molar-refractivity contribution < 1.29 is 9.53 Å². The molecule has 0 radical (unpaired) electrons. The lowest BCUT2D eigenvalue weighted by atomic mass is 10.2. The van der Waals surface area contributed by atoms with Crippen molar-refractivity contribution in [3.63, 3.8) is 0 Å². The molecule has 0 aliphatic rings. The van der Waals surface area contributed by atoms with Gasteiger partial charge in [0.05, 0.1) is 6.61 Å². The third-order valence-corrected chi connectivity index (χ3v) is 2.83. The topological polar surface area (TPSA) is 54.5 Å². The van der Waals surface area contributed by atoms with E-state index in [1.165, 1.54) is 0 Å². The van der Waals surface area contributed by atoms with Crippen LogP contribution in [0.1, 0.15) is 16.1 Å². The van der Waals surface area contributed by atoms with E-state index in [4.69, 9.17) is 16.3 Å². The van der Waals surface area contributed by atoms with Crippen LogP contribution in [0.2, 0.25) is 5.15 Å². The van der Waals surface area contributed by atoms with Crippen molar-refractivity contribution in [2.75, 3.05) is 40.4 Å². The number of carbonyl (C=O) groups is 1. The molecule has 1 rings (SSSR count). The first-order chi connectivity index (χ1) is 9.02. The number of aromatic nitrogens is 1. The predicted octanol–water partition coefficient (Wildman–Crippen LogP) is 1.35. The van der Waals surface area contributed by atoms with E-state index in [2.05, 4.69) is 15.2 Å². The summed E-state index contributed by atoms with van der Waals surface area (Å²) in [4.78, 5) is 18.0. The number of ether oxygens (including phenoxy) is 1. The Kier molecular flexibility index (Phi) is 6.77. The van der Waals surface area contributed by atoms with E-state index in [1.807, 2.05) is 7.05 Å². The highest BCUT2D eigenvalue weighted by atomic mass is 35.5. The fourth-order valence-corrected chi connectivity index (χ4v) is 1.83. The van der Waals surface area contributed by atoms with Gasteiger partial charge in [0.1, 0.15) is 5.15 Å². The number of pyridine rings is 1. The smallest absolute Gasteiger partial charge is 0.251 e. The minimum Gasteiger partial charge on any atom is -0.383 e. The average molecular weight is 286 g/mol. The molecule has 6 heteroatoms. The summed E-state index contributed by atoms with van der Waals surface area (Å²) in [5.41, 5.74) is 1.27. The van der Waals surface area contributed by atoms with E-state index in [-0.39, 0.29) is 5.91 Å². The van der Waals surface area contributed by atoms with Crippen LogP contribution in [0.3, 0.4) is 0 Å². The van der Waals surface area contributed by atoms with Gasteiger partial charge in [0.25, 0.3) is 5.91 Å². The number of likely N-dealkylation sites (N-methyl/N-ethyl adjacent to an activating group) is 1. The standard InChI is InChI=1S/C13H20ClN3O2/c1-10-8-11(9-12(14)16-10)13(18)15-4-5-17(2)6-7-19-3/h8-9H,4-7H2,1-3H3,(H,15,18). The Hall–Kier alpha value is -1.17. The SMILES string of the molecule is COCCN(C)CCNC(=O)c1cc(C)nc(Cl)c1. The molecule has 0 aliphatic heterocycles. The third kappa shape index (κ3) is 6.00. The highest BCUT2D eigenvalue weighted by Gasteiger charge is 2.07. The van der Waals surface area contributed by atoms with Gasteiger partial charge in [-0.25, -0.2) is 4.98 Å². The summed E-state index contributed by atoms with van der Waals surface area (Å²) < 4.78 is 4.98. The first-order valence-corrected chi connectivity index (χ1v) is 6.50. The number of methoxy groups -OCH3 is 1. The molecule has 5 nitrogen and oxygen atoms in total. The molecule has 1 aromatic heterocycles. The van der Waals surface area contributed by atoms with Gasteiger partial charge in [0.15, 0.2) is 0 Å². The fourth-order valence-electron chi connectivity index (χ4n) is 1.58. The lowest BCUT2D eigenvalue weighted by Crippen LogP contribution is -2.34. The Morgan fingerprint density at radius 3 is 2.84 bits per heavy atom. The number of aryl methyl sites for hydroxylation is 1. The maximum Gasteiger partial charge on any atom is 0.251 e. The van der Waals surface area contributed by atoms with Gasteiger partial charge in [-0.05, 0) is 26.1 Å². The molecule has 1 amide bonds. The zero-order chi connectivity index (χ0) is 14.3. The van der Waals surface area contributed by atoms with Crippen LogP contribution in [-0.2, 0) is 4.74 Å². The highest BCUT2D eigenvalue weighted by molar-refractivity contribution is 6.29. The molecule has 0 fully saturated rings. The summed E-state index contributed by atoms with van der Waals surface area (Å²) in [6.07, 6.45) is 0. The van der Waals surface area contributed by atoms with Crippen molar-refractivity contribution in [3.05, 3.63) is 28.5 Å². The van der Waals surface area contributed by atoms with Crippen molar-refractivity contribution in [1.29, 1.82) is 0 Å². The Labute approximate surface area is 118 Å². The van der Waals surface area contributed by atoms with Crippen molar-refractivity contribution in [3.8, 4) is 0 Å². The number of nitrogens with zero attached hydrogens (tertiary/aromatic N) is 2. The summed E-state index contributed by atoms with van der Waals surface area (Å²) in [7, 11) is 3.66. The molecule has 0 saturated heterocycles. The molecule has 0 spiro atoms. The van der Waals surface area contributed by atoms with E-state index in [9.17, 15) is 4.79 Å². The lowest BCUT2D eigenvalue weighted by Gasteiger charge is -2.16. The van der Waals surface area contributed by atoms with Crippen LogP contribution in [-0.4, -0.2) is 56.2 Å². The average Bonchev–Trinajstić information content (AvgIpc) is 2.35. The summed E-state index contributed by atoms with van der Waals surface area (Å²) >= 11 is 5.82.